The number of esters is 1. The van der Waals surface area contributed by atoms with E-state index in [1.807, 2.05) is 19.2 Å². The molecule has 6 aliphatic heterocycles. The number of benzene rings is 1. The van der Waals surface area contributed by atoms with Gasteiger partial charge in [-0.25, -0.2) is 4.79 Å². The fourth-order valence-electron chi connectivity index (χ4n) is 9.86. The van der Waals surface area contributed by atoms with Crippen LogP contribution in [0.25, 0.3) is 21.9 Å². The van der Waals surface area contributed by atoms with Gasteiger partial charge in [0.25, 0.3) is 0 Å². The average Bonchev–Trinajstić information content (AvgIpc) is 3.45. The number of nitrogens with one attached hydrogen (secondary N) is 3. The van der Waals surface area contributed by atoms with Gasteiger partial charge in [-0.1, -0.05) is 40.2 Å². The zero-order valence-electron chi connectivity index (χ0n) is 32.5. The van der Waals surface area contributed by atoms with Gasteiger partial charge in [-0.3, -0.25) is 4.79 Å². The van der Waals surface area contributed by atoms with Crippen LogP contribution in [0.3, 0.4) is 0 Å². The number of dihydropyridines is 2. The van der Waals surface area contributed by atoms with Crippen molar-refractivity contribution in [1.29, 1.82) is 0 Å². The van der Waals surface area contributed by atoms with E-state index in [0.29, 0.717) is 78.9 Å². The van der Waals surface area contributed by atoms with Crippen molar-refractivity contribution in [2.75, 3.05) is 11.5 Å². The van der Waals surface area contributed by atoms with Crippen LogP contribution >= 0.6 is 21.6 Å². The van der Waals surface area contributed by atoms with Crippen LogP contribution < -0.4 is 32.3 Å². The van der Waals surface area contributed by atoms with Crippen LogP contribution in [0.15, 0.2) is 92.6 Å². The summed E-state index contributed by atoms with van der Waals surface area (Å²) in [6, 6.07) is 4.91. The first-order valence-electron chi connectivity index (χ1n) is 20.2. The fourth-order valence-corrected chi connectivity index (χ4v) is 12.2. The Balaban J connectivity index is 0.995. The number of aryl methyl sites for hydroxylation is 1. The molecular weight excluding hydrogens is 777 g/mol. The number of phenolic OH excluding ortho intramolecular Hbond substituents is 1. The standard InChI is InChI=1S/C43H48N6O7S2/c1-22-13-31(50)37-32(53-22)17-33-36(38(37)51)26-5-3-4-9-43-34(56-43)7-6-23-14-29(48-35(44)15-23)27-16-25(19-49-18-24-8-11-46-30(24)20-49)47-40(45)28(27)21-58-57-12-10-42(2,55-33)39(26)54-41(43)52/h8,11,13-18,20,25-26,29,34,39,46-48,51H,3-7,9-10,12,19,21,44-45H2,1-2H3. The number of hydrogen-bond donors (Lipinski definition) is 6. The molecule has 0 saturated carbocycles. The molecule has 13 nitrogen and oxygen atoms in total. The summed E-state index contributed by atoms with van der Waals surface area (Å²) in [6.07, 6.45) is 16.1. The summed E-state index contributed by atoms with van der Waals surface area (Å²) < 4.78 is 27.9. The zero-order chi connectivity index (χ0) is 39.9. The molecule has 15 heteroatoms. The average molecular weight is 825 g/mol. The van der Waals surface area contributed by atoms with Crippen molar-refractivity contribution < 1.29 is 28.5 Å². The second-order valence-electron chi connectivity index (χ2n) is 16.7. The summed E-state index contributed by atoms with van der Waals surface area (Å²) in [4.78, 5) is 30.9. The molecule has 58 heavy (non-hydrogen) atoms. The van der Waals surface area contributed by atoms with Gasteiger partial charge in [0.2, 0.25) is 0 Å². The number of ether oxygens (including phenoxy) is 3. The van der Waals surface area contributed by atoms with Crippen molar-refractivity contribution >= 4 is 49.4 Å². The number of aromatic hydroxyl groups is 1. The Bertz CT molecular complexity index is 2510. The van der Waals surface area contributed by atoms with Gasteiger partial charge in [0, 0.05) is 77.6 Å². The van der Waals surface area contributed by atoms with Gasteiger partial charge in [-0.15, -0.1) is 0 Å². The maximum Gasteiger partial charge on any atom is 0.341 e. The molecule has 2 fully saturated rings. The van der Waals surface area contributed by atoms with E-state index in [1.165, 1.54) is 6.07 Å². The fraction of sp³-hybridized carbons (Fsp3) is 0.442. The Kier molecular flexibility index (Phi) is 9.13. The number of nitrogens with two attached hydrogens (primary N) is 2. The van der Waals surface area contributed by atoms with Crippen LogP contribution in [-0.4, -0.2) is 67.6 Å². The quantitative estimate of drug-likeness (QED) is 0.0786. The summed E-state index contributed by atoms with van der Waals surface area (Å²) in [7, 11) is 3.41. The molecule has 1 spiro atoms. The largest absolute Gasteiger partial charge is 0.507 e. The van der Waals surface area contributed by atoms with Gasteiger partial charge in [0.15, 0.2) is 11.0 Å². The highest BCUT2D eigenvalue weighted by molar-refractivity contribution is 8.76. The van der Waals surface area contributed by atoms with Crippen molar-refractivity contribution in [3.05, 3.63) is 105 Å². The molecule has 3 aromatic heterocycles. The molecule has 4 aromatic rings. The number of phenols is 1. The second-order valence-corrected chi connectivity index (χ2v) is 19.3. The number of nitrogens with zero attached hydrogens (tertiary/aromatic N) is 1. The number of rotatable bonds is 2. The minimum Gasteiger partial charge on any atom is -0.507 e. The van der Waals surface area contributed by atoms with E-state index in [0.717, 1.165) is 40.5 Å². The van der Waals surface area contributed by atoms with Crippen LogP contribution in [0, 0.1) is 6.92 Å². The summed E-state index contributed by atoms with van der Waals surface area (Å²) in [5.41, 5.74) is 16.1. The van der Waals surface area contributed by atoms with Gasteiger partial charge >= 0.3 is 5.97 Å². The number of allylic oxidation sites excluding steroid dienone is 2. The number of aromatic nitrogens is 2. The molecule has 6 aliphatic rings. The normalized spacial score (nSPS) is 31.2. The maximum atomic E-state index is 14.5. The lowest BCUT2D eigenvalue weighted by molar-refractivity contribution is -0.172. The number of fused-ring (bicyclic) bond motifs is 8. The second kappa shape index (κ2) is 14.2. The molecular formula is C43H48N6O7S2. The molecule has 304 valence electrons. The molecule has 7 atom stereocenters. The molecule has 0 radical (unpaired) electrons. The van der Waals surface area contributed by atoms with Crippen molar-refractivity contribution in [2.24, 2.45) is 11.5 Å². The summed E-state index contributed by atoms with van der Waals surface area (Å²) >= 11 is 0. The predicted octanol–water partition coefficient (Wildman–Crippen LogP) is 5.98. The van der Waals surface area contributed by atoms with Gasteiger partial charge in [0.1, 0.15) is 45.8 Å². The number of carbonyl (C=O) groups excluding carboxylic acids is 1. The highest BCUT2D eigenvalue weighted by Crippen LogP contribution is 2.55. The molecule has 0 amide bonds. The molecule has 9 heterocycles. The van der Waals surface area contributed by atoms with Crippen LogP contribution in [0.2, 0.25) is 0 Å². The number of epoxide rings is 1. The molecule has 2 saturated heterocycles. The number of H-pyrrole nitrogens is 1. The summed E-state index contributed by atoms with van der Waals surface area (Å²) in [5, 5.41) is 20.1. The van der Waals surface area contributed by atoms with E-state index < -0.39 is 29.2 Å². The summed E-state index contributed by atoms with van der Waals surface area (Å²) in [5.74, 6) is 2.43. The third-order valence-corrected chi connectivity index (χ3v) is 15.1. The molecule has 1 aromatic carbocycles. The van der Waals surface area contributed by atoms with Crippen molar-refractivity contribution in [2.45, 2.75) is 107 Å². The van der Waals surface area contributed by atoms with Gasteiger partial charge in [-0.2, -0.15) is 0 Å². The van der Waals surface area contributed by atoms with Crippen molar-refractivity contribution in [3.8, 4) is 11.5 Å². The van der Waals surface area contributed by atoms with E-state index in [2.05, 4.69) is 50.8 Å². The van der Waals surface area contributed by atoms with Crippen LogP contribution in [0.4, 0.5) is 0 Å². The first kappa shape index (κ1) is 37.4. The van der Waals surface area contributed by atoms with E-state index in [1.54, 1.807) is 34.6 Å². The Morgan fingerprint density at radius 3 is 2.81 bits per heavy atom. The monoisotopic (exact) mass is 824 g/mol. The zero-order valence-corrected chi connectivity index (χ0v) is 34.1. The molecule has 0 aliphatic carbocycles. The number of aromatic amines is 1. The van der Waals surface area contributed by atoms with Crippen LogP contribution in [0.5, 0.6) is 11.5 Å². The van der Waals surface area contributed by atoms with E-state index in [4.69, 9.17) is 30.1 Å². The number of carbonyl (C=O) groups is 1. The van der Waals surface area contributed by atoms with E-state index >= 15 is 0 Å². The minimum atomic E-state index is -1.06. The lowest BCUT2D eigenvalue weighted by atomic mass is 9.76. The van der Waals surface area contributed by atoms with Crippen LogP contribution in [0.1, 0.15) is 69.1 Å². The Hall–Kier alpha value is -4.86. The summed E-state index contributed by atoms with van der Waals surface area (Å²) in [6.45, 7) is 4.39. The number of hydrogen-bond acceptors (Lipinski definition) is 13. The topological polar surface area (TPSA) is 195 Å². The van der Waals surface area contributed by atoms with Crippen LogP contribution in [-0.2, 0) is 20.8 Å². The first-order valence-corrected chi connectivity index (χ1v) is 22.6. The van der Waals surface area contributed by atoms with E-state index in [-0.39, 0.29) is 40.3 Å². The predicted molar refractivity (Wildman–Crippen MR) is 225 cm³/mol. The molecule has 4 bridgehead atoms. The molecule has 10 rings (SSSR count). The molecule has 8 N–H and O–H groups in total. The van der Waals surface area contributed by atoms with Crippen molar-refractivity contribution in [3.63, 3.8) is 0 Å². The third kappa shape index (κ3) is 6.45. The van der Waals surface area contributed by atoms with Gasteiger partial charge < -0.3 is 55.4 Å². The third-order valence-electron chi connectivity index (χ3n) is 12.8. The molecule has 7 unspecified atom stereocenters. The highest BCUT2D eigenvalue weighted by Gasteiger charge is 2.64. The Morgan fingerprint density at radius 1 is 1.07 bits per heavy atom. The SMILES string of the molecule is Cc1cc(=O)c2c(O)c3c(cc2o1)OC1(C)CCSSCC2=C(N)NC(Cn4cc5cc[nH]c5c4)C=C2C2C=C(C=C(N)N2)CCC2OC24CCCCC3C1OC4=O. The van der Waals surface area contributed by atoms with Gasteiger partial charge in [-0.05, 0) is 69.2 Å². The highest BCUT2D eigenvalue weighted by atomic mass is 33.1. The lowest BCUT2D eigenvalue weighted by Crippen LogP contribution is -2.54. The smallest absolute Gasteiger partial charge is 0.341 e. The maximum absolute atomic E-state index is 14.5. The van der Waals surface area contributed by atoms with Gasteiger partial charge in [0.05, 0.1) is 29.5 Å². The Morgan fingerprint density at radius 2 is 1.95 bits per heavy atom. The first-order chi connectivity index (χ1) is 28.0. The Labute approximate surface area is 343 Å². The van der Waals surface area contributed by atoms with E-state index in [9.17, 15) is 14.7 Å². The van der Waals surface area contributed by atoms with Crippen molar-refractivity contribution in [1.82, 2.24) is 20.2 Å². The minimum absolute atomic E-state index is 0.0535. The lowest BCUT2D eigenvalue weighted by Gasteiger charge is -2.46.